The van der Waals surface area contributed by atoms with Gasteiger partial charge < -0.3 is 0 Å². The number of pyridine rings is 1. The number of nitrogens with one attached hydrogen (secondary N) is 1. The van der Waals surface area contributed by atoms with E-state index in [1.54, 1.807) is 0 Å². The highest BCUT2D eigenvalue weighted by atomic mass is 15.2. The van der Waals surface area contributed by atoms with Gasteiger partial charge >= 0.3 is 0 Å². The third-order valence-corrected chi connectivity index (χ3v) is 2.37. The van der Waals surface area contributed by atoms with Gasteiger partial charge in [-0.3, -0.25) is 16.3 Å². The van der Waals surface area contributed by atoms with Crippen molar-refractivity contribution in [2.45, 2.75) is 32.2 Å². The fourth-order valence-electron chi connectivity index (χ4n) is 1.54. The molecule has 0 aromatic carbocycles. The van der Waals surface area contributed by atoms with E-state index in [4.69, 9.17) is 5.84 Å². The average Bonchev–Trinajstić information content (AvgIpc) is 2.24. The van der Waals surface area contributed by atoms with Crippen LogP contribution in [-0.4, -0.2) is 4.98 Å². The van der Waals surface area contributed by atoms with Gasteiger partial charge in [-0.1, -0.05) is 12.1 Å². The predicted octanol–water partition coefficient (Wildman–Crippen LogP) is 2.25. The second kappa shape index (κ2) is 6.32. The Bertz CT molecular complexity index is 309. The van der Waals surface area contributed by atoms with Gasteiger partial charge in [-0.05, 0) is 38.3 Å². The number of hydrogen-bond donors (Lipinski definition) is 2. The molecule has 0 aliphatic heterocycles. The molecule has 1 heterocycles. The molecule has 0 aliphatic carbocycles. The molecule has 0 amide bonds. The average molecular weight is 205 g/mol. The van der Waals surface area contributed by atoms with Gasteiger partial charge in [0.1, 0.15) is 0 Å². The van der Waals surface area contributed by atoms with Crippen LogP contribution in [-0.2, 0) is 0 Å². The molecule has 0 radical (unpaired) electrons. The summed E-state index contributed by atoms with van der Waals surface area (Å²) in [6.07, 6.45) is 5.01. The summed E-state index contributed by atoms with van der Waals surface area (Å²) in [6.45, 7) is 5.69. The first-order valence-electron chi connectivity index (χ1n) is 5.28. The maximum Gasteiger partial charge on any atom is 0.0632 e. The van der Waals surface area contributed by atoms with Crippen molar-refractivity contribution >= 4 is 0 Å². The summed E-state index contributed by atoms with van der Waals surface area (Å²) in [5.74, 6) is 5.52. The van der Waals surface area contributed by atoms with Gasteiger partial charge in [0.05, 0.1) is 11.7 Å². The van der Waals surface area contributed by atoms with E-state index in [0.29, 0.717) is 0 Å². The summed E-state index contributed by atoms with van der Waals surface area (Å²) in [5, 5.41) is 0. The number of nitrogens with zero attached hydrogens (tertiary/aromatic N) is 1. The van der Waals surface area contributed by atoms with Gasteiger partial charge in [-0.25, -0.2) is 0 Å². The summed E-state index contributed by atoms with van der Waals surface area (Å²) < 4.78 is 0. The van der Waals surface area contributed by atoms with Crippen LogP contribution in [0.1, 0.15) is 36.7 Å². The van der Waals surface area contributed by atoms with Crippen LogP contribution in [0.4, 0.5) is 0 Å². The molecule has 3 nitrogen and oxygen atoms in total. The predicted molar refractivity (Wildman–Crippen MR) is 63.1 cm³/mol. The standard InChI is InChI=1S/C12H19N3/c1-3-4-5-8-12(15-13)11-9-6-7-10(2)14-11/h3,6-7,9,12,15H,1,4-5,8,13H2,2H3. The smallest absolute Gasteiger partial charge is 0.0632 e. The number of nitrogens with two attached hydrogens (primary N) is 1. The number of aryl methyl sites for hydroxylation is 1. The maximum absolute atomic E-state index is 5.52. The topological polar surface area (TPSA) is 50.9 Å². The zero-order valence-electron chi connectivity index (χ0n) is 9.24. The third kappa shape index (κ3) is 3.81. The first-order chi connectivity index (χ1) is 7.27. The third-order valence-electron chi connectivity index (χ3n) is 2.37. The van der Waals surface area contributed by atoms with E-state index in [2.05, 4.69) is 17.0 Å². The SMILES string of the molecule is C=CCCCC(NN)c1cccc(C)n1. The molecule has 3 heteroatoms. The quantitative estimate of drug-likeness (QED) is 0.324. The van der Waals surface area contributed by atoms with E-state index in [1.165, 1.54) is 0 Å². The van der Waals surface area contributed by atoms with Crippen molar-refractivity contribution in [3.8, 4) is 0 Å². The minimum Gasteiger partial charge on any atom is -0.271 e. The van der Waals surface area contributed by atoms with Crippen LogP contribution in [0, 0.1) is 6.92 Å². The number of aromatic nitrogens is 1. The molecule has 1 rings (SSSR count). The minimum atomic E-state index is 0.143. The summed E-state index contributed by atoms with van der Waals surface area (Å²) >= 11 is 0. The molecule has 0 saturated heterocycles. The van der Waals surface area contributed by atoms with Crippen molar-refractivity contribution in [1.82, 2.24) is 10.4 Å². The normalized spacial score (nSPS) is 12.4. The van der Waals surface area contributed by atoms with Crippen molar-refractivity contribution in [2.24, 2.45) is 5.84 Å². The second-order valence-electron chi connectivity index (χ2n) is 3.64. The molecule has 1 atom stereocenters. The van der Waals surface area contributed by atoms with Crippen LogP contribution in [0.3, 0.4) is 0 Å². The first-order valence-corrected chi connectivity index (χ1v) is 5.28. The van der Waals surface area contributed by atoms with Gasteiger partial charge in [0.25, 0.3) is 0 Å². The zero-order valence-corrected chi connectivity index (χ0v) is 9.24. The van der Waals surface area contributed by atoms with E-state index in [0.717, 1.165) is 30.7 Å². The van der Waals surface area contributed by atoms with Crippen molar-refractivity contribution in [2.75, 3.05) is 0 Å². The zero-order chi connectivity index (χ0) is 11.1. The molecule has 1 aromatic heterocycles. The molecular weight excluding hydrogens is 186 g/mol. The molecule has 0 aliphatic rings. The largest absolute Gasteiger partial charge is 0.271 e. The molecule has 0 fully saturated rings. The lowest BCUT2D eigenvalue weighted by molar-refractivity contribution is 0.489. The van der Waals surface area contributed by atoms with Crippen molar-refractivity contribution in [3.05, 3.63) is 42.2 Å². The highest BCUT2D eigenvalue weighted by molar-refractivity contribution is 5.13. The van der Waals surface area contributed by atoms with Crippen LogP contribution in [0.15, 0.2) is 30.9 Å². The Morgan fingerprint density at radius 1 is 1.60 bits per heavy atom. The Kier molecular flexibility index (Phi) is 5.01. The Labute approximate surface area is 91.4 Å². The van der Waals surface area contributed by atoms with Gasteiger partial charge in [0.15, 0.2) is 0 Å². The van der Waals surface area contributed by atoms with E-state index >= 15 is 0 Å². The van der Waals surface area contributed by atoms with Gasteiger partial charge in [0, 0.05) is 5.69 Å². The molecule has 0 bridgehead atoms. The van der Waals surface area contributed by atoms with E-state index < -0.39 is 0 Å². The fraction of sp³-hybridized carbons (Fsp3) is 0.417. The molecule has 1 aromatic rings. The summed E-state index contributed by atoms with van der Waals surface area (Å²) in [5.41, 5.74) is 4.85. The van der Waals surface area contributed by atoms with Crippen molar-refractivity contribution in [1.29, 1.82) is 0 Å². The Morgan fingerprint density at radius 2 is 2.40 bits per heavy atom. The van der Waals surface area contributed by atoms with Crippen LogP contribution < -0.4 is 11.3 Å². The van der Waals surface area contributed by atoms with Crippen LogP contribution in [0.2, 0.25) is 0 Å². The van der Waals surface area contributed by atoms with Crippen molar-refractivity contribution in [3.63, 3.8) is 0 Å². The Hall–Kier alpha value is -1.19. The van der Waals surface area contributed by atoms with Crippen LogP contribution in [0.5, 0.6) is 0 Å². The molecule has 82 valence electrons. The second-order valence-corrected chi connectivity index (χ2v) is 3.64. The Morgan fingerprint density at radius 3 is 3.00 bits per heavy atom. The number of allylic oxidation sites excluding steroid dienone is 1. The number of hydrazine groups is 1. The Balaban J connectivity index is 2.61. The lowest BCUT2D eigenvalue weighted by Crippen LogP contribution is -2.28. The van der Waals surface area contributed by atoms with Crippen LogP contribution in [0.25, 0.3) is 0 Å². The van der Waals surface area contributed by atoms with E-state index in [1.807, 2.05) is 31.2 Å². The molecule has 15 heavy (non-hydrogen) atoms. The monoisotopic (exact) mass is 205 g/mol. The molecule has 0 spiro atoms. The van der Waals surface area contributed by atoms with E-state index in [-0.39, 0.29) is 6.04 Å². The number of hydrogen-bond acceptors (Lipinski definition) is 3. The molecule has 0 saturated carbocycles. The lowest BCUT2D eigenvalue weighted by atomic mass is 10.1. The van der Waals surface area contributed by atoms with Crippen molar-refractivity contribution < 1.29 is 0 Å². The van der Waals surface area contributed by atoms with Gasteiger partial charge in [-0.2, -0.15) is 0 Å². The summed E-state index contributed by atoms with van der Waals surface area (Å²) in [7, 11) is 0. The highest BCUT2D eigenvalue weighted by Gasteiger charge is 2.09. The molecule has 1 unspecified atom stereocenters. The van der Waals surface area contributed by atoms with E-state index in [9.17, 15) is 0 Å². The van der Waals surface area contributed by atoms with Crippen LogP contribution >= 0.6 is 0 Å². The highest BCUT2D eigenvalue weighted by Crippen LogP contribution is 2.16. The minimum absolute atomic E-state index is 0.143. The fourth-order valence-corrected chi connectivity index (χ4v) is 1.54. The maximum atomic E-state index is 5.52. The number of unbranched alkanes of at least 4 members (excludes halogenated alkanes) is 1. The van der Waals surface area contributed by atoms with Gasteiger partial charge in [0.2, 0.25) is 0 Å². The van der Waals surface area contributed by atoms with Gasteiger partial charge in [-0.15, -0.1) is 6.58 Å². The first kappa shape index (κ1) is 11.9. The lowest BCUT2D eigenvalue weighted by Gasteiger charge is -2.15. The summed E-state index contributed by atoms with van der Waals surface area (Å²) in [6, 6.07) is 6.15. The number of rotatable bonds is 6. The summed E-state index contributed by atoms with van der Waals surface area (Å²) in [4.78, 5) is 4.45. The molecular formula is C12H19N3. The molecule has 3 N–H and O–H groups in total.